The number of benzene rings is 1. The summed E-state index contributed by atoms with van der Waals surface area (Å²) in [4.78, 5) is 31.7. The molecule has 0 bridgehead atoms. The van der Waals surface area contributed by atoms with Crippen LogP contribution in [0.15, 0.2) is 53.6 Å². The minimum atomic E-state index is -0.166. The average molecular weight is 406 g/mol. The molecule has 1 aliphatic heterocycles. The normalized spacial score (nSPS) is 16.2. The molecule has 4 rings (SSSR count). The second-order valence-corrected chi connectivity index (χ2v) is 7.87. The van der Waals surface area contributed by atoms with Gasteiger partial charge in [-0.2, -0.15) is 0 Å². The molecule has 3 aromatic rings. The third-order valence-corrected chi connectivity index (χ3v) is 5.66. The second kappa shape index (κ2) is 8.28. The summed E-state index contributed by atoms with van der Waals surface area (Å²) in [5.74, 6) is 0.474. The molecule has 0 spiro atoms. The van der Waals surface area contributed by atoms with Crippen LogP contribution < -0.4 is 5.56 Å². The molecule has 1 aliphatic rings. The second-order valence-electron chi connectivity index (χ2n) is 7.87. The number of carbonyl (C=O) groups excluding carboxylic acids is 1. The summed E-state index contributed by atoms with van der Waals surface area (Å²) in [6.07, 6.45) is 5.21. The third-order valence-electron chi connectivity index (χ3n) is 5.66. The Kier molecular flexibility index (Phi) is 5.55. The van der Waals surface area contributed by atoms with Gasteiger partial charge >= 0.3 is 0 Å². The van der Waals surface area contributed by atoms with Crippen LogP contribution >= 0.6 is 0 Å². The SMILES string of the molecule is Cc1cc(-c2nc(C(=O)N3CCC[C@H]3CO)cn2Cc2ccccc2)cn(C)c1=O. The smallest absolute Gasteiger partial charge is 0.274 e. The monoisotopic (exact) mass is 406 g/mol. The van der Waals surface area contributed by atoms with E-state index in [1.807, 2.05) is 41.0 Å². The number of carbonyl (C=O) groups is 1. The number of aliphatic hydroxyl groups excluding tert-OH is 1. The lowest BCUT2D eigenvalue weighted by Crippen LogP contribution is -2.37. The number of rotatable bonds is 5. The van der Waals surface area contributed by atoms with Crippen molar-refractivity contribution in [2.75, 3.05) is 13.2 Å². The van der Waals surface area contributed by atoms with Crippen LogP contribution in [0.4, 0.5) is 0 Å². The molecule has 156 valence electrons. The molecule has 1 saturated heterocycles. The fourth-order valence-corrected chi connectivity index (χ4v) is 4.09. The Balaban J connectivity index is 1.77. The summed E-state index contributed by atoms with van der Waals surface area (Å²) in [6, 6.07) is 11.6. The van der Waals surface area contributed by atoms with Gasteiger partial charge in [-0.1, -0.05) is 30.3 Å². The lowest BCUT2D eigenvalue weighted by molar-refractivity contribution is 0.0672. The zero-order valence-electron chi connectivity index (χ0n) is 17.3. The number of likely N-dealkylation sites (tertiary alicyclic amines) is 1. The standard InChI is InChI=1S/C23H26N4O3/c1-16-11-18(13-25(2)22(16)29)21-24-20(23(30)27-10-6-9-19(27)15-28)14-26(21)12-17-7-4-3-5-8-17/h3-5,7-8,11,13-14,19,28H,6,9-10,12,15H2,1-2H3/t19-/m0/s1. The summed E-state index contributed by atoms with van der Waals surface area (Å²) < 4.78 is 3.49. The Bertz CT molecular complexity index is 1090. The van der Waals surface area contributed by atoms with Crippen LogP contribution in [0.1, 0.15) is 34.5 Å². The highest BCUT2D eigenvalue weighted by Crippen LogP contribution is 2.24. The van der Waals surface area contributed by atoms with Crippen LogP contribution in [0.25, 0.3) is 11.4 Å². The summed E-state index contributed by atoms with van der Waals surface area (Å²) in [7, 11) is 1.71. The molecule has 3 heterocycles. The van der Waals surface area contributed by atoms with Gasteiger partial charge in [0.05, 0.1) is 12.6 Å². The highest BCUT2D eigenvalue weighted by Gasteiger charge is 2.30. The number of imidazole rings is 1. The number of aliphatic hydroxyl groups is 1. The number of hydrogen-bond acceptors (Lipinski definition) is 4. The summed E-state index contributed by atoms with van der Waals surface area (Å²) in [6.45, 7) is 2.92. The zero-order valence-corrected chi connectivity index (χ0v) is 17.3. The highest BCUT2D eigenvalue weighted by molar-refractivity contribution is 5.93. The highest BCUT2D eigenvalue weighted by atomic mass is 16.3. The Labute approximate surface area is 175 Å². The number of aryl methyl sites for hydroxylation is 2. The molecule has 30 heavy (non-hydrogen) atoms. The maximum atomic E-state index is 13.1. The Morgan fingerprint density at radius 3 is 2.70 bits per heavy atom. The summed E-state index contributed by atoms with van der Waals surface area (Å²) >= 11 is 0. The molecular weight excluding hydrogens is 380 g/mol. The minimum absolute atomic E-state index is 0.0384. The number of pyridine rings is 1. The van der Waals surface area contributed by atoms with Gasteiger partial charge in [-0.15, -0.1) is 0 Å². The molecule has 1 amide bonds. The van der Waals surface area contributed by atoms with Gasteiger partial charge in [0.25, 0.3) is 11.5 Å². The molecule has 7 heteroatoms. The van der Waals surface area contributed by atoms with Gasteiger partial charge in [0, 0.05) is 43.7 Å². The quantitative estimate of drug-likeness (QED) is 0.704. The minimum Gasteiger partial charge on any atom is -0.394 e. The maximum Gasteiger partial charge on any atom is 0.274 e. The van der Waals surface area contributed by atoms with E-state index in [-0.39, 0.29) is 24.1 Å². The first kappa shape index (κ1) is 20.1. The molecule has 0 unspecified atom stereocenters. The molecule has 0 radical (unpaired) electrons. The number of amides is 1. The Hall–Kier alpha value is -3.19. The van der Waals surface area contributed by atoms with Gasteiger partial charge in [0.15, 0.2) is 0 Å². The van der Waals surface area contributed by atoms with Crippen LogP contribution in [0, 0.1) is 6.92 Å². The van der Waals surface area contributed by atoms with Gasteiger partial charge in [0.1, 0.15) is 11.5 Å². The van der Waals surface area contributed by atoms with Gasteiger partial charge in [-0.25, -0.2) is 4.98 Å². The maximum absolute atomic E-state index is 13.1. The van der Waals surface area contributed by atoms with Crippen molar-refractivity contribution < 1.29 is 9.90 Å². The molecule has 0 saturated carbocycles. The molecule has 2 aromatic heterocycles. The van der Waals surface area contributed by atoms with Crippen molar-refractivity contribution in [2.45, 2.75) is 32.4 Å². The molecular formula is C23H26N4O3. The molecule has 1 aromatic carbocycles. The van der Waals surface area contributed by atoms with Crippen molar-refractivity contribution in [3.63, 3.8) is 0 Å². The molecule has 1 fully saturated rings. The van der Waals surface area contributed by atoms with E-state index in [1.165, 1.54) is 4.57 Å². The summed E-state index contributed by atoms with van der Waals surface area (Å²) in [5.41, 5.74) is 2.79. The Morgan fingerprint density at radius 2 is 2.00 bits per heavy atom. The van der Waals surface area contributed by atoms with E-state index >= 15 is 0 Å². The zero-order chi connectivity index (χ0) is 21.3. The van der Waals surface area contributed by atoms with Gasteiger partial charge < -0.3 is 19.1 Å². The van der Waals surface area contributed by atoms with Crippen LogP contribution in [-0.2, 0) is 13.6 Å². The first-order valence-electron chi connectivity index (χ1n) is 10.2. The van der Waals surface area contributed by atoms with Crippen LogP contribution in [-0.4, -0.2) is 49.2 Å². The number of aromatic nitrogens is 3. The summed E-state index contributed by atoms with van der Waals surface area (Å²) in [5, 5.41) is 9.60. The predicted molar refractivity (Wildman–Crippen MR) is 114 cm³/mol. The fraction of sp³-hybridized carbons (Fsp3) is 0.348. The third kappa shape index (κ3) is 3.80. The van der Waals surface area contributed by atoms with Crippen molar-refractivity contribution in [1.29, 1.82) is 0 Å². The molecule has 1 atom stereocenters. The largest absolute Gasteiger partial charge is 0.394 e. The van der Waals surface area contributed by atoms with E-state index in [2.05, 4.69) is 4.98 Å². The predicted octanol–water partition coefficient (Wildman–Crippen LogP) is 2.20. The van der Waals surface area contributed by atoms with Gasteiger partial charge in [-0.05, 0) is 31.4 Å². The fourth-order valence-electron chi connectivity index (χ4n) is 4.09. The van der Waals surface area contributed by atoms with Crippen molar-refractivity contribution in [3.8, 4) is 11.4 Å². The van der Waals surface area contributed by atoms with E-state index in [0.29, 0.717) is 30.2 Å². The molecule has 7 nitrogen and oxygen atoms in total. The van der Waals surface area contributed by atoms with Crippen LogP contribution in [0.5, 0.6) is 0 Å². The molecule has 1 N–H and O–H groups in total. The van der Waals surface area contributed by atoms with E-state index in [4.69, 9.17) is 0 Å². The van der Waals surface area contributed by atoms with E-state index in [9.17, 15) is 14.7 Å². The molecule has 0 aliphatic carbocycles. The van der Waals surface area contributed by atoms with Gasteiger partial charge in [0.2, 0.25) is 0 Å². The van der Waals surface area contributed by atoms with Crippen molar-refractivity contribution in [3.05, 3.63) is 76.0 Å². The lowest BCUT2D eigenvalue weighted by atomic mass is 10.2. The van der Waals surface area contributed by atoms with Crippen molar-refractivity contribution in [2.24, 2.45) is 7.05 Å². The first-order valence-corrected chi connectivity index (χ1v) is 10.2. The first-order chi connectivity index (χ1) is 14.5. The Morgan fingerprint density at radius 1 is 1.23 bits per heavy atom. The average Bonchev–Trinajstić information content (AvgIpc) is 3.39. The lowest BCUT2D eigenvalue weighted by Gasteiger charge is -2.21. The van der Waals surface area contributed by atoms with Crippen LogP contribution in [0.3, 0.4) is 0 Å². The van der Waals surface area contributed by atoms with Crippen molar-refractivity contribution >= 4 is 5.91 Å². The number of hydrogen-bond donors (Lipinski definition) is 1. The van der Waals surface area contributed by atoms with Crippen LogP contribution in [0.2, 0.25) is 0 Å². The number of nitrogens with zero attached hydrogens (tertiary/aromatic N) is 4. The van der Waals surface area contributed by atoms with E-state index in [1.54, 1.807) is 31.3 Å². The van der Waals surface area contributed by atoms with Gasteiger partial charge in [-0.3, -0.25) is 9.59 Å². The van der Waals surface area contributed by atoms with E-state index < -0.39 is 0 Å². The topological polar surface area (TPSA) is 80.4 Å². The van der Waals surface area contributed by atoms with Crippen molar-refractivity contribution in [1.82, 2.24) is 19.0 Å². The van der Waals surface area contributed by atoms with E-state index in [0.717, 1.165) is 24.0 Å².